The van der Waals surface area contributed by atoms with Gasteiger partial charge in [-0.1, -0.05) is 48.9 Å². The molecule has 152 valence electrons. The van der Waals surface area contributed by atoms with Crippen LogP contribution < -0.4 is 4.72 Å². The van der Waals surface area contributed by atoms with E-state index in [-0.39, 0.29) is 10.1 Å². The van der Waals surface area contributed by atoms with Crippen molar-refractivity contribution >= 4 is 38.9 Å². The van der Waals surface area contributed by atoms with Crippen LogP contribution in [-0.2, 0) is 14.8 Å². The summed E-state index contributed by atoms with van der Waals surface area (Å²) in [4.78, 5) is 12.1. The van der Waals surface area contributed by atoms with Crippen molar-refractivity contribution in [3.8, 4) is 5.00 Å². The molecule has 2 heterocycles. The van der Waals surface area contributed by atoms with Gasteiger partial charge in [0.2, 0.25) is 0 Å². The zero-order valence-corrected chi connectivity index (χ0v) is 17.9. The Labute approximate surface area is 177 Å². The molecule has 2 N–H and O–H groups in total. The lowest BCUT2D eigenvalue weighted by Crippen LogP contribution is -2.45. The number of carboxylic acids is 1. The fraction of sp³-hybridized carbons (Fsp3) is 0.263. The molecule has 1 aliphatic carbocycles. The van der Waals surface area contributed by atoms with Crippen molar-refractivity contribution in [1.82, 2.24) is 14.5 Å². The monoisotopic (exact) mass is 451 g/mol. The van der Waals surface area contributed by atoms with Crippen LogP contribution in [0.5, 0.6) is 0 Å². The first-order valence-corrected chi connectivity index (χ1v) is 11.5. The molecule has 0 radical (unpaired) electrons. The number of halogens is 1. The van der Waals surface area contributed by atoms with Crippen LogP contribution in [0.4, 0.5) is 0 Å². The first-order chi connectivity index (χ1) is 13.7. The number of carbonyl (C=O) groups is 1. The number of nitrogens with one attached hydrogen (secondary N) is 1. The summed E-state index contributed by atoms with van der Waals surface area (Å²) >= 11 is 6.92. The van der Waals surface area contributed by atoms with Crippen molar-refractivity contribution in [2.75, 3.05) is 0 Å². The van der Waals surface area contributed by atoms with E-state index in [4.69, 9.17) is 11.6 Å². The molecule has 3 atom stereocenters. The van der Waals surface area contributed by atoms with Gasteiger partial charge in [-0.25, -0.2) is 13.1 Å². The van der Waals surface area contributed by atoms with Gasteiger partial charge in [-0.2, -0.15) is 9.82 Å². The normalized spacial score (nSPS) is 23.8. The lowest BCUT2D eigenvalue weighted by Gasteiger charge is -2.15. The Hall–Kier alpha value is -2.20. The van der Waals surface area contributed by atoms with E-state index in [9.17, 15) is 18.3 Å². The Morgan fingerprint density at radius 1 is 1.34 bits per heavy atom. The van der Waals surface area contributed by atoms with Crippen molar-refractivity contribution in [3.05, 3.63) is 64.9 Å². The molecule has 1 aliphatic rings. The minimum absolute atomic E-state index is 0.0307. The van der Waals surface area contributed by atoms with Gasteiger partial charge >= 0.3 is 5.97 Å². The molecular formula is C19H18ClN3O4S2. The summed E-state index contributed by atoms with van der Waals surface area (Å²) in [5, 5.41) is 15.0. The molecule has 29 heavy (non-hydrogen) atoms. The van der Waals surface area contributed by atoms with Gasteiger partial charge in [-0.3, -0.25) is 4.79 Å². The number of carboxylic acid groups (broad SMARTS) is 1. The second-order valence-electron chi connectivity index (χ2n) is 7.11. The van der Waals surface area contributed by atoms with Gasteiger partial charge in [0, 0.05) is 5.92 Å². The van der Waals surface area contributed by atoms with E-state index in [2.05, 4.69) is 9.82 Å². The highest BCUT2D eigenvalue weighted by Gasteiger charge is 2.70. The Bertz CT molecular complexity index is 1190. The molecule has 0 unspecified atom stereocenters. The molecule has 2 aromatic heterocycles. The lowest BCUT2D eigenvalue weighted by atomic mass is 10.1. The highest BCUT2D eigenvalue weighted by atomic mass is 35.5. The smallest absolute Gasteiger partial charge is 0.325 e. The summed E-state index contributed by atoms with van der Waals surface area (Å²) in [5.41, 5.74) is -0.0879. The molecule has 3 aromatic rings. The largest absolute Gasteiger partial charge is 0.480 e. The highest BCUT2D eigenvalue weighted by Crippen LogP contribution is 2.58. The van der Waals surface area contributed by atoms with Crippen LogP contribution in [0.1, 0.15) is 24.0 Å². The zero-order chi connectivity index (χ0) is 21.0. The molecule has 0 bridgehead atoms. The maximum Gasteiger partial charge on any atom is 0.325 e. The topological polar surface area (TPSA) is 101 Å². The van der Waals surface area contributed by atoms with Crippen molar-refractivity contribution in [2.45, 2.75) is 29.5 Å². The Morgan fingerprint density at radius 3 is 2.62 bits per heavy atom. The van der Waals surface area contributed by atoms with Gasteiger partial charge < -0.3 is 5.11 Å². The van der Waals surface area contributed by atoms with Crippen molar-refractivity contribution in [3.63, 3.8) is 0 Å². The maximum atomic E-state index is 13.1. The van der Waals surface area contributed by atoms with E-state index in [0.717, 1.165) is 16.9 Å². The van der Waals surface area contributed by atoms with Crippen LogP contribution >= 0.6 is 22.9 Å². The summed E-state index contributed by atoms with van der Waals surface area (Å²) in [5.74, 6) is -2.01. The second kappa shape index (κ2) is 6.94. The van der Waals surface area contributed by atoms with E-state index in [1.54, 1.807) is 20.0 Å². The predicted octanol–water partition coefficient (Wildman–Crippen LogP) is 3.43. The molecule has 1 fully saturated rings. The number of benzene rings is 1. The minimum Gasteiger partial charge on any atom is -0.480 e. The van der Waals surface area contributed by atoms with Gasteiger partial charge in [0.25, 0.3) is 10.0 Å². The van der Waals surface area contributed by atoms with Crippen LogP contribution in [-0.4, -0.2) is 34.8 Å². The zero-order valence-electron chi connectivity index (χ0n) is 15.5. The van der Waals surface area contributed by atoms with Crippen LogP contribution in [0.3, 0.4) is 0 Å². The third kappa shape index (κ3) is 3.28. The second-order valence-corrected chi connectivity index (χ2v) is 10.5. The molecule has 10 heteroatoms. The molecule has 1 saturated carbocycles. The summed E-state index contributed by atoms with van der Waals surface area (Å²) < 4.78 is 30.2. The van der Waals surface area contributed by atoms with Crippen LogP contribution in [0.15, 0.2) is 53.0 Å². The first-order valence-electron chi connectivity index (χ1n) is 8.80. The van der Waals surface area contributed by atoms with E-state index in [0.29, 0.717) is 15.6 Å². The number of aromatic nitrogens is 2. The Kier molecular flexibility index (Phi) is 4.81. The summed E-state index contributed by atoms with van der Waals surface area (Å²) in [6.45, 7) is 3.51. The summed E-state index contributed by atoms with van der Waals surface area (Å²) in [6.07, 6.45) is 3.04. The lowest BCUT2D eigenvalue weighted by molar-refractivity contribution is -0.140. The molecule has 1 aromatic carbocycles. The van der Waals surface area contributed by atoms with Crippen LogP contribution in [0.25, 0.3) is 5.00 Å². The molecule has 7 nitrogen and oxygen atoms in total. The number of aryl methyl sites for hydroxylation is 1. The van der Waals surface area contributed by atoms with Gasteiger partial charge in [0.15, 0.2) is 0 Å². The molecule has 0 spiro atoms. The number of rotatable bonds is 6. The molecule has 0 aliphatic heterocycles. The molecule has 0 saturated heterocycles. The van der Waals surface area contributed by atoms with E-state index >= 15 is 0 Å². The SMILES string of the molecule is Cc1cc(S(=O)(=O)N[C@@]2(C(=O)O)[C@H](C)[C@@H]2c2ccccc2)sc1-n1cc(Cl)cn1. The third-order valence-electron chi connectivity index (χ3n) is 5.31. The molecule has 4 rings (SSSR count). The summed E-state index contributed by atoms with van der Waals surface area (Å²) in [7, 11) is -4.06. The number of aliphatic carboxylic acids is 1. The van der Waals surface area contributed by atoms with Crippen molar-refractivity contribution in [2.24, 2.45) is 5.92 Å². The Morgan fingerprint density at radius 2 is 2.03 bits per heavy atom. The fourth-order valence-corrected chi connectivity index (χ4v) is 6.84. The van der Waals surface area contributed by atoms with Gasteiger partial charge in [-0.05, 0) is 30.0 Å². The van der Waals surface area contributed by atoms with Crippen molar-refractivity contribution < 1.29 is 18.3 Å². The van der Waals surface area contributed by atoms with Crippen LogP contribution in [0, 0.1) is 12.8 Å². The Balaban J connectivity index is 1.69. The quantitative estimate of drug-likeness (QED) is 0.597. The number of hydrogen-bond donors (Lipinski definition) is 2. The average molecular weight is 452 g/mol. The van der Waals surface area contributed by atoms with E-state index in [1.807, 2.05) is 30.3 Å². The van der Waals surface area contributed by atoms with Gasteiger partial charge in [-0.15, -0.1) is 11.3 Å². The van der Waals surface area contributed by atoms with Crippen LogP contribution in [0.2, 0.25) is 5.02 Å². The number of nitrogens with zero attached hydrogens (tertiary/aromatic N) is 2. The average Bonchev–Trinajstić information content (AvgIpc) is 2.99. The molecular weight excluding hydrogens is 434 g/mol. The fourth-order valence-electron chi connectivity index (χ4n) is 3.79. The highest BCUT2D eigenvalue weighted by molar-refractivity contribution is 7.91. The third-order valence-corrected chi connectivity index (χ3v) is 8.69. The first kappa shape index (κ1) is 20.1. The van der Waals surface area contributed by atoms with E-state index < -0.39 is 27.4 Å². The maximum absolute atomic E-state index is 13.1. The minimum atomic E-state index is -4.06. The van der Waals surface area contributed by atoms with Crippen molar-refractivity contribution in [1.29, 1.82) is 0 Å². The predicted molar refractivity (Wildman–Crippen MR) is 110 cm³/mol. The van der Waals surface area contributed by atoms with E-state index in [1.165, 1.54) is 16.9 Å². The number of hydrogen-bond acceptors (Lipinski definition) is 5. The van der Waals surface area contributed by atoms with Gasteiger partial charge in [0.1, 0.15) is 14.7 Å². The molecule has 0 amide bonds. The number of thiophene rings is 1. The summed E-state index contributed by atoms with van der Waals surface area (Å²) in [6, 6.07) is 10.6. The van der Waals surface area contributed by atoms with Gasteiger partial charge in [0.05, 0.1) is 17.4 Å². The standard InChI is InChI=1S/C19H18ClN3O4S2/c1-11-8-15(28-17(11)23-10-14(20)9-21-23)29(26,27)22-19(18(24)25)12(2)16(19)13-6-4-3-5-7-13/h3-10,12,16,22H,1-2H3,(H,24,25)/t12-,16-,19+/m1/s1. The number of sulfonamides is 1.